The molecule has 1 aliphatic carbocycles. The van der Waals surface area contributed by atoms with Crippen molar-refractivity contribution in [2.75, 3.05) is 7.11 Å². The van der Waals surface area contributed by atoms with E-state index in [0.29, 0.717) is 28.2 Å². The first-order valence-corrected chi connectivity index (χ1v) is 9.35. The first-order valence-electron chi connectivity index (χ1n) is 9.35. The summed E-state index contributed by atoms with van der Waals surface area (Å²) in [4.78, 5) is 26.6. The second-order valence-corrected chi connectivity index (χ2v) is 6.99. The minimum absolute atomic E-state index is 0.115. The topological polar surface area (TPSA) is 79.6 Å². The van der Waals surface area contributed by atoms with E-state index in [1.54, 1.807) is 49.6 Å². The van der Waals surface area contributed by atoms with Crippen LogP contribution in [0.3, 0.4) is 0 Å². The van der Waals surface area contributed by atoms with Crippen molar-refractivity contribution >= 4 is 11.8 Å². The molecule has 0 aromatic heterocycles. The molecule has 2 aromatic carbocycles. The number of amides is 2. The second-order valence-electron chi connectivity index (χ2n) is 6.99. The predicted molar refractivity (Wildman–Crippen MR) is 101 cm³/mol. The van der Waals surface area contributed by atoms with E-state index in [0.717, 1.165) is 30.6 Å². The van der Waals surface area contributed by atoms with E-state index in [4.69, 9.17) is 9.47 Å². The fourth-order valence-corrected chi connectivity index (χ4v) is 3.86. The molecule has 0 N–H and O–H groups in total. The Bertz CT molecular complexity index is 938. The molecule has 6 nitrogen and oxygen atoms in total. The van der Waals surface area contributed by atoms with Crippen LogP contribution >= 0.6 is 0 Å². The van der Waals surface area contributed by atoms with E-state index < -0.39 is 17.9 Å². The molecule has 6 heteroatoms. The molecular weight excluding hydrogens is 356 g/mol. The number of fused-ring (bicyclic) bond motifs is 1. The number of imide groups is 1. The molecule has 0 radical (unpaired) electrons. The minimum Gasteiger partial charge on any atom is -0.493 e. The van der Waals surface area contributed by atoms with Gasteiger partial charge in [0.05, 0.1) is 30.4 Å². The van der Waals surface area contributed by atoms with Gasteiger partial charge < -0.3 is 9.47 Å². The van der Waals surface area contributed by atoms with Gasteiger partial charge in [-0.15, -0.1) is 0 Å². The van der Waals surface area contributed by atoms with Gasteiger partial charge in [0.15, 0.2) is 17.5 Å². The van der Waals surface area contributed by atoms with Crippen molar-refractivity contribution in [1.82, 2.24) is 4.90 Å². The molecule has 0 spiro atoms. The molecule has 1 aliphatic heterocycles. The van der Waals surface area contributed by atoms with Gasteiger partial charge in [-0.1, -0.05) is 18.2 Å². The number of benzene rings is 2. The maximum Gasteiger partial charge on any atom is 0.262 e. The number of rotatable bonds is 5. The third-order valence-electron chi connectivity index (χ3n) is 5.31. The largest absolute Gasteiger partial charge is 0.493 e. The van der Waals surface area contributed by atoms with Crippen molar-refractivity contribution in [2.24, 2.45) is 0 Å². The number of carbonyl (C=O) groups excluding carboxylic acids is 2. The smallest absolute Gasteiger partial charge is 0.262 e. The van der Waals surface area contributed by atoms with Gasteiger partial charge in [0.1, 0.15) is 0 Å². The fourth-order valence-electron chi connectivity index (χ4n) is 3.86. The molecule has 4 rings (SSSR count). The van der Waals surface area contributed by atoms with Gasteiger partial charge in [-0.25, -0.2) is 0 Å². The quantitative estimate of drug-likeness (QED) is 0.740. The van der Waals surface area contributed by atoms with E-state index in [2.05, 4.69) is 6.07 Å². The Morgan fingerprint density at radius 3 is 2.25 bits per heavy atom. The predicted octanol–water partition coefficient (Wildman–Crippen LogP) is 3.88. The molecule has 28 heavy (non-hydrogen) atoms. The third kappa shape index (κ3) is 2.99. The van der Waals surface area contributed by atoms with Crippen LogP contribution in [0.5, 0.6) is 11.5 Å². The van der Waals surface area contributed by atoms with Gasteiger partial charge in [-0.05, 0) is 55.5 Å². The molecule has 1 atom stereocenters. The van der Waals surface area contributed by atoms with Crippen LogP contribution in [0.25, 0.3) is 0 Å². The molecule has 2 aliphatic rings. The molecule has 2 aromatic rings. The molecule has 1 heterocycles. The van der Waals surface area contributed by atoms with E-state index in [1.165, 1.54) is 0 Å². The van der Waals surface area contributed by atoms with E-state index in [9.17, 15) is 14.9 Å². The van der Waals surface area contributed by atoms with Crippen LogP contribution in [0.4, 0.5) is 0 Å². The highest BCUT2D eigenvalue weighted by Crippen LogP contribution is 2.37. The molecule has 1 fully saturated rings. The first-order chi connectivity index (χ1) is 13.6. The van der Waals surface area contributed by atoms with E-state index in [-0.39, 0.29) is 6.10 Å². The van der Waals surface area contributed by atoms with Gasteiger partial charge in [0, 0.05) is 0 Å². The monoisotopic (exact) mass is 376 g/mol. The molecule has 2 amide bonds. The Hall–Kier alpha value is -3.33. The minimum atomic E-state index is -1.04. The van der Waals surface area contributed by atoms with Gasteiger partial charge in [0.25, 0.3) is 11.8 Å². The maximum atomic E-state index is 12.8. The van der Waals surface area contributed by atoms with Crippen molar-refractivity contribution in [3.05, 3.63) is 59.2 Å². The van der Waals surface area contributed by atoms with Gasteiger partial charge in [-0.3, -0.25) is 14.5 Å². The molecule has 1 unspecified atom stereocenters. The Labute approximate surface area is 163 Å². The number of nitrogens with zero attached hydrogens (tertiary/aromatic N) is 2. The average molecular weight is 376 g/mol. The summed E-state index contributed by atoms with van der Waals surface area (Å²) in [5.41, 5.74) is 1.16. The zero-order chi connectivity index (χ0) is 19.7. The van der Waals surface area contributed by atoms with Crippen molar-refractivity contribution in [1.29, 1.82) is 5.26 Å². The van der Waals surface area contributed by atoms with Gasteiger partial charge >= 0.3 is 0 Å². The van der Waals surface area contributed by atoms with Crippen LogP contribution in [0.1, 0.15) is 58.0 Å². The number of hydrogen-bond acceptors (Lipinski definition) is 5. The molecule has 142 valence electrons. The Kier molecular flexibility index (Phi) is 4.74. The standard InChI is InChI=1S/C22H20N2O4/c1-27-19-11-10-14(12-20(19)28-15-6-2-3-7-15)18(13-23)24-21(25)16-8-4-5-9-17(16)22(24)26/h4-5,8-12,15,18H,2-3,6-7H2,1H3. The summed E-state index contributed by atoms with van der Waals surface area (Å²) in [6.45, 7) is 0. The highest BCUT2D eigenvalue weighted by Gasteiger charge is 2.40. The lowest BCUT2D eigenvalue weighted by Gasteiger charge is -2.22. The lowest BCUT2D eigenvalue weighted by Crippen LogP contribution is -2.33. The molecule has 1 saturated carbocycles. The van der Waals surface area contributed by atoms with E-state index >= 15 is 0 Å². The van der Waals surface area contributed by atoms with Gasteiger partial charge in [-0.2, -0.15) is 5.26 Å². The van der Waals surface area contributed by atoms with Crippen LogP contribution in [-0.4, -0.2) is 29.9 Å². The summed E-state index contributed by atoms with van der Waals surface area (Å²) in [5, 5.41) is 9.79. The molecular formula is C22H20N2O4. The van der Waals surface area contributed by atoms with Crippen LogP contribution in [-0.2, 0) is 0 Å². The summed E-state index contributed by atoms with van der Waals surface area (Å²) >= 11 is 0. The zero-order valence-electron chi connectivity index (χ0n) is 15.6. The number of methoxy groups -OCH3 is 1. The number of carbonyl (C=O) groups is 2. The Morgan fingerprint density at radius 2 is 1.68 bits per heavy atom. The third-order valence-corrected chi connectivity index (χ3v) is 5.31. The molecule has 0 saturated heterocycles. The Morgan fingerprint density at radius 1 is 1.04 bits per heavy atom. The second kappa shape index (κ2) is 7.35. The average Bonchev–Trinajstić information content (AvgIpc) is 3.31. The van der Waals surface area contributed by atoms with Crippen LogP contribution < -0.4 is 9.47 Å². The summed E-state index contributed by atoms with van der Waals surface area (Å²) in [5.74, 6) is 0.181. The Balaban J connectivity index is 1.68. The SMILES string of the molecule is COc1ccc(C(C#N)N2C(=O)c3ccccc3C2=O)cc1OC1CCCC1. The fraction of sp³-hybridized carbons (Fsp3) is 0.318. The lowest BCUT2D eigenvalue weighted by atomic mass is 10.1. The van der Waals surface area contributed by atoms with Crippen molar-refractivity contribution in [3.63, 3.8) is 0 Å². The van der Waals surface area contributed by atoms with Crippen LogP contribution in [0.2, 0.25) is 0 Å². The summed E-state index contributed by atoms with van der Waals surface area (Å²) in [7, 11) is 1.56. The zero-order valence-corrected chi connectivity index (χ0v) is 15.6. The summed E-state index contributed by atoms with van der Waals surface area (Å²) < 4.78 is 11.5. The normalized spacial score (nSPS) is 17.4. The highest BCUT2D eigenvalue weighted by atomic mass is 16.5. The number of hydrogen-bond donors (Lipinski definition) is 0. The first kappa shape index (κ1) is 18.1. The van der Waals surface area contributed by atoms with Crippen LogP contribution in [0, 0.1) is 11.3 Å². The molecule has 0 bridgehead atoms. The van der Waals surface area contributed by atoms with Crippen LogP contribution in [0.15, 0.2) is 42.5 Å². The summed E-state index contributed by atoms with van der Waals surface area (Å²) in [6.07, 6.45) is 4.33. The number of nitriles is 1. The van der Waals surface area contributed by atoms with Gasteiger partial charge in [0.2, 0.25) is 0 Å². The number of ether oxygens (including phenoxy) is 2. The summed E-state index contributed by atoms with van der Waals surface area (Å²) in [6, 6.07) is 12.8. The highest BCUT2D eigenvalue weighted by molar-refractivity contribution is 6.21. The lowest BCUT2D eigenvalue weighted by molar-refractivity contribution is 0.0617. The maximum absolute atomic E-state index is 12.8. The van der Waals surface area contributed by atoms with Crippen molar-refractivity contribution in [3.8, 4) is 17.6 Å². The van der Waals surface area contributed by atoms with Crippen molar-refractivity contribution in [2.45, 2.75) is 37.8 Å². The van der Waals surface area contributed by atoms with Crippen molar-refractivity contribution < 1.29 is 19.1 Å². The van der Waals surface area contributed by atoms with E-state index in [1.807, 2.05) is 0 Å².